The summed E-state index contributed by atoms with van der Waals surface area (Å²) in [5.74, 6) is 0. The fourth-order valence-corrected chi connectivity index (χ4v) is 2.90. The van der Waals surface area contributed by atoms with Crippen LogP contribution in [0.25, 0.3) is 0 Å². The molecule has 1 aromatic carbocycles. The third-order valence-electron chi connectivity index (χ3n) is 3.99. The number of benzene rings is 1. The van der Waals surface area contributed by atoms with E-state index in [0.29, 0.717) is 6.04 Å². The second-order valence-electron chi connectivity index (χ2n) is 5.29. The third-order valence-corrected chi connectivity index (χ3v) is 3.99. The van der Waals surface area contributed by atoms with Crippen molar-refractivity contribution in [1.82, 2.24) is 10.2 Å². The van der Waals surface area contributed by atoms with Crippen molar-refractivity contribution in [2.75, 3.05) is 40.4 Å². The van der Waals surface area contributed by atoms with Gasteiger partial charge in [-0.05, 0) is 12.1 Å². The topological polar surface area (TPSA) is 33.7 Å². The summed E-state index contributed by atoms with van der Waals surface area (Å²) in [5.41, 5.74) is 1.34. The van der Waals surface area contributed by atoms with Crippen LogP contribution in [0.1, 0.15) is 18.5 Å². The molecule has 4 heteroatoms. The zero-order chi connectivity index (χ0) is 14.4. The third kappa shape index (κ3) is 3.79. The Bertz CT molecular complexity index is 373. The van der Waals surface area contributed by atoms with Gasteiger partial charge in [0.2, 0.25) is 0 Å². The van der Waals surface area contributed by atoms with Crippen molar-refractivity contribution in [3.8, 4) is 0 Å². The normalized spacial score (nSPS) is 24.9. The number of hydrogen-bond acceptors (Lipinski definition) is 4. The summed E-state index contributed by atoms with van der Waals surface area (Å²) >= 11 is 0. The van der Waals surface area contributed by atoms with Gasteiger partial charge in [-0.2, -0.15) is 0 Å². The molecule has 1 heterocycles. The Labute approximate surface area is 122 Å². The van der Waals surface area contributed by atoms with Crippen LogP contribution >= 0.6 is 0 Å². The second-order valence-corrected chi connectivity index (χ2v) is 5.29. The summed E-state index contributed by atoms with van der Waals surface area (Å²) in [6.45, 7) is 5.97. The number of ether oxygens (including phenoxy) is 2. The van der Waals surface area contributed by atoms with Crippen LogP contribution in [-0.2, 0) is 9.47 Å². The molecule has 1 aliphatic rings. The molecule has 20 heavy (non-hydrogen) atoms. The molecule has 0 bridgehead atoms. The maximum absolute atomic E-state index is 5.51. The maximum Gasteiger partial charge on any atom is 0.0971 e. The van der Waals surface area contributed by atoms with E-state index in [9.17, 15) is 0 Å². The van der Waals surface area contributed by atoms with Gasteiger partial charge in [-0.3, -0.25) is 4.90 Å². The first-order valence-corrected chi connectivity index (χ1v) is 7.34. The van der Waals surface area contributed by atoms with Crippen LogP contribution in [0.2, 0.25) is 0 Å². The fourth-order valence-electron chi connectivity index (χ4n) is 2.90. The Balaban J connectivity index is 1.99. The molecule has 1 fully saturated rings. The van der Waals surface area contributed by atoms with E-state index in [1.165, 1.54) is 5.56 Å². The van der Waals surface area contributed by atoms with E-state index in [-0.39, 0.29) is 12.2 Å². The minimum absolute atomic E-state index is 0.179. The van der Waals surface area contributed by atoms with Gasteiger partial charge >= 0.3 is 0 Å². The highest BCUT2D eigenvalue weighted by Gasteiger charge is 2.33. The fraction of sp³-hybridized carbons (Fsp3) is 0.625. The molecule has 0 spiro atoms. The number of nitrogens with one attached hydrogen (secondary N) is 1. The largest absolute Gasteiger partial charge is 0.377 e. The summed E-state index contributed by atoms with van der Waals surface area (Å²) in [6.07, 6.45) is 0.357. The number of hydrogen-bond donors (Lipinski definition) is 1. The van der Waals surface area contributed by atoms with Crippen LogP contribution in [0.3, 0.4) is 0 Å². The number of rotatable bonds is 7. The molecule has 0 aliphatic carbocycles. The quantitative estimate of drug-likeness (QED) is 0.823. The molecule has 3 unspecified atom stereocenters. The van der Waals surface area contributed by atoms with Crippen LogP contribution < -0.4 is 5.32 Å². The highest BCUT2D eigenvalue weighted by atomic mass is 16.5. The van der Waals surface area contributed by atoms with Crippen LogP contribution in [0.15, 0.2) is 30.3 Å². The van der Waals surface area contributed by atoms with Gasteiger partial charge in [-0.15, -0.1) is 0 Å². The molecule has 112 valence electrons. The minimum Gasteiger partial charge on any atom is -0.377 e. The van der Waals surface area contributed by atoms with E-state index >= 15 is 0 Å². The second kappa shape index (κ2) is 7.74. The molecular weight excluding hydrogens is 252 g/mol. The van der Waals surface area contributed by atoms with Crippen LogP contribution in [0.4, 0.5) is 0 Å². The zero-order valence-electron chi connectivity index (χ0n) is 12.7. The summed E-state index contributed by atoms with van der Waals surface area (Å²) < 4.78 is 11.0. The Morgan fingerprint density at radius 3 is 2.25 bits per heavy atom. The van der Waals surface area contributed by atoms with E-state index < -0.39 is 0 Å². The Morgan fingerprint density at radius 2 is 1.75 bits per heavy atom. The minimum atomic E-state index is 0.179. The standard InChI is InChI=1S/C16H26N2O2/c1-4-17-14(13-8-6-5-7-9-13)10-18-11-15(19-2)16(12-18)20-3/h5-9,14-17H,4,10-12H2,1-3H3. The highest BCUT2D eigenvalue weighted by Crippen LogP contribution is 2.20. The predicted molar refractivity (Wildman–Crippen MR) is 80.9 cm³/mol. The summed E-state index contributed by atoms with van der Waals surface area (Å²) in [4.78, 5) is 2.42. The van der Waals surface area contributed by atoms with Gasteiger partial charge in [0.1, 0.15) is 0 Å². The SMILES string of the molecule is CCNC(CN1CC(OC)C(OC)C1)c1ccccc1. The molecule has 0 saturated carbocycles. The van der Waals surface area contributed by atoms with Gasteiger partial charge in [-0.1, -0.05) is 37.3 Å². The van der Waals surface area contributed by atoms with Crippen molar-refractivity contribution in [3.05, 3.63) is 35.9 Å². The van der Waals surface area contributed by atoms with Gasteiger partial charge in [0.15, 0.2) is 0 Å². The molecule has 4 nitrogen and oxygen atoms in total. The number of nitrogens with zero attached hydrogens (tertiary/aromatic N) is 1. The Morgan fingerprint density at radius 1 is 1.15 bits per heavy atom. The summed E-state index contributed by atoms with van der Waals surface area (Å²) in [5, 5.41) is 3.57. The molecule has 1 aliphatic heterocycles. The maximum atomic E-state index is 5.51. The molecule has 1 saturated heterocycles. The lowest BCUT2D eigenvalue weighted by atomic mass is 10.1. The summed E-state index contributed by atoms with van der Waals surface area (Å²) in [6, 6.07) is 11.0. The first-order chi connectivity index (χ1) is 9.78. The van der Waals surface area contributed by atoms with Gasteiger partial charge in [0.05, 0.1) is 12.2 Å². The highest BCUT2D eigenvalue weighted by molar-refractivity contribution is 5.19. The molecule has 0 radical (unpaired) electrons. The van der Waals surface area contributed by atoms with Gasteiger partial charge < -0.3 is 14.8 Å². The molecule has 1 aromatic rings. The van der Waals surface area contributed by atoms with Crippen LogP contribution in [-0.4, -0.2) is 57.5 Å². The smallest absolute Gasteiger partial charge is 0.0971 e. The van der Waals surface area contributed by atoms with Crippen molar-refractivity contribution >= 4 is 0 Å². The lowest BCUT2D eigenvalue weighted by Crippen LogP contribution is -2.34. The van der Waals surface area contributed by atoms with Crippen LogP contribution in [0, 0.1) is 0 Å². The van der Waals surface area contributed by atoms with Crippen molar-refractivity contribution in [3.63, 3.8) is 0 Å². The van der Waals surface area contributed by atoms with Gasteiger partial charge in [0, 0.05) is 39.9 Å². The first-order valence-electron chi connectivity index (χ1n) is 7.34. The van der Waals surface area contributed by atoms with Crippen molar-refractivity contribution in [2.24, 2.45) is 0 Å². The van der Waals surface area contributed by atoms with Gasteiger partial charge in [0.25, 0.3) is 0 Å². The summed E-state index contributed by atoms with van der Waals surface area (Å²) in [7, 11) is 3.53. The van der Waals surface area contributed by atoms with Gasteiger partial charge in [-0.25, -0.2) is 0 Å². The molecule has 2 rings (SSSR count). The molecule has 1 N–H and O–H groups in total. The van der Waals surface area contributed by atoms with E-state index in [4.69, 9.17) is 9.47 Å². The monoisotopic (exact) mass is 278 g/mol. The Kier molecular flexibility index (Phi) is 5.98. The first kappa shape index (κ1) is 15.4. The molecule has 0 amide bonds. The van der Waals surface area contributed by atoms with Crippen molar-refractivity contribution < 1.29 is 9.47 Å². The van der Waals surface area contributed by atoms with E-state index in [1.54, 1.807) is 14.2 Å². The van der Waals surface area contributed by atoms with Crippen molar-refractivity contribution in [2.45, 2.75) is 25.2 Å². The predicted octanol–water partition coefficient (Wildman–Crippen LogP) is 1.68. The zero-order valence-corrected chi connectivity index (χ0v) is 12.7. The van der Waals surface area contributed by atoms with Crippen molar-refractivity contribution in [1.29, 1.82) is 0 Å². The average molecular weight is 278 g/mol. The molecular formula is C16H26N2O2. The van der Waals surface area contributed by atoms with E-state index in [1.807, 2.05) is 0 Å². The lowest BCUT2D eigenvalue weighted by Gasteiger charge is -2.24. The number of likely N-dealkylation sites (tertiary alicyclic amines) is 1. The average Bonchev–Trinajstić information content (AvgIpc) is 2.90. The lowest BCUT2D eigenvalue weighted by molar-refractivity contribution is -0.00461. The van der Waals surface area contributed by atoms with Crippen LogP contribution in [0.5, 0.6) is 0 Å². The number of methoxy groups -OCH3 is 2. The Hall–Kier alpha value is -0.940. The molecule has 3 atom stereocenters. The van der Waals surface area contributed by atoms with E-state index in [2.05, 4.69) is 47.5 Å². The van der Waals surface area contributed by atoms with E-state index in [0.717, 1.165) is 26.2 Å². The number of likely N-dealkylation sites (N-methyl/N-ethyl adjacent to an activating group) is 1. The molecule has 0 aromatic heterocycles.